The van der Waals surface area contributed by atoms with Gasteiger partial charge in [0, 0.05) is 21.1 Å². The Morgan fingerprint density at radius 3 is 2.04 bits per heavy atom. The molecule has 1 amide bonds. The zero-order valence-corrected chi connectivity index (χ0v) is 15.4. The van der Waals surface area contributed by atoms with Gasteiger partial charge in [0.05, 0.1) is 36.8 Å². The number of methoxy groups -OCH3 is 2. The van der Waals surface area contributed by atoms with Crippen molar-refractivity contribution in [1.82, 2.24) is 9.21 Å². The lowest BCUT2D eigenvalue weighted by atomic mass is 10.1. The molecule has 0 bridgehead atoms. The summed E-state index contributed by atoms with van der Waals surface area (Å²) < 4.78 is 35.5. The molecule has 0 spiro atoms. The molecule has 0 aliphatic carbocycles. The average molecular weight is 372 g/mol. The van der Waals surface area contributed by atoms with Gasteiger partial charge >= 0.3 is 11.9 Å². The summed E-state index contributed by atoms with van der Waals surface area (Å²) in [6, 6.07) is 3.43. The fourth-order valence-corrected chi connectivity index (χ4v) is 3.17. The molecule has 25 heavy (non-hydrogen) atoms. The van der Waals surface area contributed by atoms with E-state index in [1.54, 1.807) is 0 Å². The van der Waals surface area contributed by atoms with E-state index in [1.165, 1.54) is 32.1 Å². The van der Waals surface area contributed by atoms with Gasteiger partial charge in [0.25, 0.3) is 0 Å². The van der Waals surface area contributed by atoms with Crippen LogP contribution in [0.2, 0.25) is 0 Å². The Morgan fingerprint density at radius 2 is 1.56 bits per heavy atom. The lowest BCUT2D eigenvalue weighted by molar-refractivity contribution is -0.128. The van der Waals surface area contributed by atoms with Crippen molar-refractivity contribution >= 4 is 27.9 Å². The molecular weight excluding hydrogens is 352 g/mol. The largest absolute Gasteiger partial charge is 0.465 e. The maximum atomic E-state index is 12.8. The minimum atomic E-state index is -4.24. The SMILES string of the molecule is COC(=O)c1ccc(C(=O)OC)c(S(=O)(=O)N(C)CC(=O)N(C)C)c1. The summed E-state index contributed by atoms with van der Waals surface area (Å²) >= 11 is 0. The number of esters is 2. The maximum absolute atomic E-state index is 12.8. The number of hydrogen-bond acceptors (Lipinski definition) is 7. The van der Waals surface area contributed by atoms with E-state index >= 15 is 0 Å². The van der Waals surface area contributed by atoms with Gasteiger partial charge in [-0.1, -0.05) is 0 Å². The molecule has 1 aromatic rings. The molecule has 1 aromatic carbocycles. The van der Waals surface area contributed by atoms with Crippen LogP contribution in [-0.2, 0) is 24.3 Å². The zero-order valence-electron chi connectivity index (χ0n) is 14.6. The lowest BCUT2D eigenvalue weighted by Crippen LogP contribution is -2.38. The first-order valence-electron chi connectivity index (χ1n) is 7.03. The van der Waals surface area contributed by atoms with Crippen LogP contribution in [0.5, 0.6) is 0 Å². The summed E-state index contributed by atoms with van der Waals surface area (Å²) in [4.78, 5) is 36.1. The Labute approximate surface area is 146 Å². The smallest absolute Gasteiger partial charge is 0.339 e. The van der Waals surface area contributed by atoms with E-state index in [0.29, 0.717) is 0 Å². The second kappa shape index (κ2) is 8.08. The van der Waals surface area contributed by atoms with Crippen LogP contribution in [0.25, 0.3) is 0 Å². The summed E-state index contributed by atoms with van der Waals surface area (Å²) in [6.45, 7) is -0.432. The van der Waals surface area contributed by atoms with Crippen LogP contribution in [0.1, 0.15) is 20.7 Å². The van der Waals surface area contributed by atoms with Crippen LogP contribution in [-0.4, -0.2) is 77.4 Å². The molecular formula is C15H20N2O7S. The first-order valence-corrected chi connectivity index (χ1v) is 8.47. The molecule has 0 saturated heterocycles. The standard InChI is InChI=1S/C15H20N2O7S/c1-16(2)13(18)9-17(3)25(21,22)12-8-10(14(19)23-4)6-7-11(12)15(20)24-5/h6-8H,9H2,1-5H3. The molecule has 0 aliphatic heterocycles. The molecule has 0 radical (unpaired) electrons. The highest BCUT2D eigenvalue weighted by atomic mass is 32.2. The Balaban J connectivity index is 3.46. The quantitative estimate of drug-likeness (QED) is 0.645. The number of sulfonamides is 1. The van der Waals surface area contributed by atoms with Crippen molar-refractivity contribution in [3.8, 4) is 0 Å². The second-order valence-corrected chi connectivity index (χ2v) is 7.26. The number of hydrogen-bond donors (Lipinski definition) is 0. The summed E-state index contributed by atoms with van der Waals surface area (Å²) in [7, 11) is 2.18. The van der Waals surface area contributed by atoms with Crippen molar-refractivity contribution in [3.05, 3.63) is 29.3 Å². The van der Waals surface area contributed by atoms with Gasteiger partial charge < -0.3 is 14.4 Å². The van der Waals surface area contributed by atoms with Crippen LogP contribution >= 0.6 is 0 Å². The van der Waals surface area contributed by atoms with Crippen molar-refractivity contribution in [2.75, 3.05) is 41.9 Å². The summed E-state index contributed by atoms with van der Waals surface area (Å²) in [5.41, 5.74) is -0.305. The Hall–Kier alpha value is -2.46. The number of carbonyl (C=O) groups excluding carboxylic acids is 3. The lowest BCUT2D eigenvalue weighted by Gasteiger charge is -2.20. The van der Waals surface area contributed by atoms with E-state index in [2.05, 4.69) is 9.47 Å². The highest BCUT2D eigenvalue weighted by Crippen LogP contribution is 2.22. The van der Waals surface area contributed by atoms with Gasteiger partial charge in [0.15, 0.2) is 0 Å². The topological polar surface area (TPSA) is 110 Å². The third-order valence-corrected chi connectivity index (χ3v) is 5.20. The van der Waals surface area contributed by atoms with Gasteiger partial charge in [0.2, 0.25) is 15.9 Å². The molecule has 0 N–H and O–H groups in total. The first kappa shape index (κ1) is 20.6. The Kier molecular flexibility index (Phi) is 6.65. The van der Waals surface area contributed by atoms with E-state index in [0.717, 1.165) is 30.7 Å². The zero-order chi connectivity index (χ0) is 19.4. The predicted octanol–water partition coefficient (Wildman–Crippen LogP) is -0.0315. The molecule has 0 fully saturated rings. The van der Waals surface area contributed by atoms with Gasteiger partial charge in [-0.15, -0.1) is 0 Å². The fraction of sp³-hybridized carbons (Fsp3) is 0.400. The van der Waals surface area contributed by atoms with Crippen LogP contribution in [0, 0.1) is 0 Å². The number of benzene rings is 1. The summed E-state index contributed by atoms with van der Waals surface area (Å²) in [5, 5.41) is 0. The maximum Gasteiger partial charge on any atom is 0.339 e. The van der Waals surface area contributed by atoms with Crippen LogP contribution < -0.4 is 0 Å². The minimum Gasteiger partial charge on any atom is -0.465 e. The molecule has 10 heteroatoms. The van der Waals surface area contributed by atoms with Crippen molar-refractivity contribution in [1.29, 1.82) is 0 Å². The number of amides is 1. The van der Waals surface area contributed by atoms with Crippen molar-refractivity contribution in [2.45, 2.75) is 4.90 Å². The van der Waals surface area contributed by atoms with Gasteiger partial charge in [-0.25, -0.2) is 18.0 Å². The Morgan fingerprint density at radius 1 is 1.00 bits per heavy atom. The highest BCUT2D eigenvalue weighted by Gasteiger charge is 2.30. The molecule has 0 heterocycles. The van der Waals surface area contributed by atoms with Crippen LogP contribution in [0.15, 0.2) is 23.1 Å². The molecule has 0 aliphatic rings. The first-order chi connectivity index (χ1) is 11.6. The average Bonchev–Trinajstić information content (AvgIpc) is 2.59. The van der Waals surface area contributed by atoms with Crippen molar-refractivity contribution in [2.24, 2.45) is 0 Å². The van der Waals surface area contributed by atoms with Gasteiger partial charge in [-0.05, 0) is 18.2 Å². The number of nitrogens with zero attached hydrogens (tertiary/aromatic N) is 2. The molecule has 0 aromatic heterocycles. The predicted molar refractivity (Wildman–Crippen MR) is 87.6 cm³/mol. The fourth-order valence-electron chi connectivity index (χ4n) is 1.84. The second-order valence-electron chi connectivity index (χ2n) is 5.24. The molecule has 138 valence electrons. The Bertz CT molecular complexity index is 787. The van der Waals surface area contributed by atoms with Gasteiger partial charge in [0.1, 0.15) is 0 Å². The summed E-state index contributed by atoms with van der Waals surface area (Å²) in [6.07, 6.45) is 0. The van der Waals surface area contributed by atoms with E-state index in [-0.39, 0.29) is 11.1 Å². The summed E-state index contributed by atoms with van der Waals surface area (Å²) in [5.74, 6) is -2.10. The van der Waals surface area contributed by atoms with Gasteiger partial charge in [-0.2, -0.15) is 4.31 Å². The normalized spacial score (nSPS) is 11.1. The molecule has 0 saturated carbocycles. The molecule has 0 unspecified atom stereocenters. The number of rotatable bonds is 6. The minimum absolute atomic E-state index is 0.0546. The monoisotopic (exact) mass is 372 g/mol. The van der Waals surface area contributed by atoms with E-state index < -0.39 is 39.3 Å². The van der Waals surface area contributed by atoms with Crippen molar-refractivity contribution in [3.63, 3.8) is 0 Å². The number of likely N-dealkylation sites (N-methyl/N-ethyl adjacent to an activating group) is 2. The highest BCUT2D eigenvalue weighted by molar-refractivity contribution is 7.89. The van der Waals surface area contributed by atoms with E-state index in [1.807, 2.05) is 0 Å². The van der Waals surface area contributed by atoms with E-state index in [4.69, 9.17) is 0 Å². The van der Waals surface area contributed by atoms with Crippen molar-refractivity contribution < 1.29 is 32.3 Å². The molecule has 0 atom stereocenters. The van der Waals surface area contributed by atoms with Gasteiger partial charge in [-0.3, -0.25) is 4.79 Å². The number of carbonyl (C=O) groups is 3. The van der Waals surface area contributed by atoms with Crippen LogP contribution in [0.4, 0.5) is 0 Å². The molecule has 9 nitrogen and oxygen atoms in total. The van der Waals surface area contributed by atoms with Crippen LogP contribution in [0.3, 0.4) is 0 Å². The third kappa shape index (κ3) is 4.54. The van der Waals surface area contributed by atoms with E-state index in [9.17, 15) is 22.8 Å². The third-order valence-electron chi connectivity index (χ3n) is 3.35. The number of ether oxygens (including phenoxy) is 2. The molecule has 1 rings (SSSR count).